The fourth-order valence-electron chi connectivity index (χ4n) is 2.59. The molecular weight excluding hydrogens is 248 g/mol. The Morgan fingerprint density at radius 1 is 1.10 bits per heavy atom. The SMILES string of the molecule is CCC(=O)c1ccccc1-c1ccccc1C1(C)CO1. The lowest BCUT2D eigenvalue weighted by Crippen LogP contribution is -2.06. The molecule has 3 rings (SSSR count). The molecule has 1 heterocycles. The van der Waals surface area contributed by atoms with Crippen LogP contribution in [0, 0.1) is 0 Å². The third-order valence-electron chi connectivity index (χ3n) is 3.91. The quantitative estimate of drug-likeness (QED) is 0.613. The zero-order chi connectivity index (χ0) is 14.2. The number of hydrogen-bond acceptors (Lipinski definition) is 2. The Hall–Kier alpha value is -1.93. The van der Waals surface area contributed by atoms with Crippen molar-refractivity contribution in [1.82, 2.24) is 0 Å². The van der Waals surface area contributed by atoms with Crippen LogP contribution in [0.1, 0.15) is 36.2 Å². The second-order valence-corrected chi connectivity index (χ2v) is 5.39. The first-order valence-corrected chi connectivity index (χ1v) is 7.02. The minimum atomic E-state index is -0.195. The maximum absolute atomic E-state index is 12.2. The van der Waals surface area contributed by atoms with Crippen LogP contribution in [0.3, 0.4) is 0 Å². The van der Waals surface area contributed by atoms with Gasteiger partial charge < -0.3 is 4.74 Å². The highest BCUT2D eigenvalue weighted by molar-refractivity contribution is 6.02. The van der Waals surface area contributed by atoms with Gasteiger partial charge in [-0.3, -0.25) is 4.79 Å². The van der Waals surface area contributed by atoms with E-state index in [0.29, 0.717) is 6.42 Å². The molecule has 0 bridgehead atoms. The minimum Gasteiger partial charge on any atom is -0.365 e. The maximum atomic E-state index is 12.2. The molecule has 0 spiro atoms. The molecule has 0 saturated carbocycles. The van der Waals surface area contributed by atoms with E-state index in [2.05, 4.69) is 19.1 Å². The van der Waals surface area contributed by atoms with E-state index in [9.17, 15) is 4.79 Å². The Morgan fingerprint density at radius 3 is 2.35 bits per heavy atom. The number of carbonyl (C=O) groups is 1. The third-order valence-corrected chi connectivity index (χ3v) is 3.91. The highest BCUT2D eigenvalue weighted by Crippen LogP contribution is 2.43. The Labute approximate surface area is 119 Å². The van der Waals surface area contributed by atoms with Gasteiger partial charge in [0.2, 0.25) is 0 Å². The molecule has 0 radical (unpaired) electrons. The summed E-state index contributed by atoms with van der Waals surface area (Å²) in [6, 6.07) is 16.0. The number of carbonyl (C=O) groups excluding carboxylic acids is 1. The van der Waals surface area contributed by atoms with Crippen LogP contribution in [0.5, 0.6) is 0 Å². The van der Waals surface area contributed by atoms with E-state index in [0.717, 1.165) is 28.9 Å². The summed E-state index contributed by atoms with van der Waals surface area (Å²) in [5.74, 6) is 0.178. The number of hydrogen-bond donors (Lipinski definition) is 0. The van der Waals surface area contributed by atoms with Crippen molar-refractivity contribution in [3.05, 3.63) is 59.7 Å². The smallest absolute Gasteiger partial charge is 0.163 e. The zero-order valence-corrected chi connectivity index (χ0v) is 11.8. The first-order valence-electron chi connectivity index (χ1n) is 7.02. The molecule has 0 amide bonds. The summed E-state index contributed by atoms with van der Waals surface area (Å²) in [4.78, 5) is 12.2. The maximum Gasteiger partial charge on any atom is 0.163 e. The van der Waals surface area contributed by atoms with Gasteiger partial charge in [-0.15, -0.1) is 0 Å². The molecule has 1 unspecified atom stereocenters. The van der Waals surface area contributed by atoms with Crippen LogP contribution >= 0.6 is 0 Å². The molecular formula is C18H18O2. The Balaban J connectivity index is 2.17. The van der Waals surface area contributed by atoms with Crippen molar-refractivity contribution in [2.24, 2.45) is 0 Å². The average Bonchev–Trinajstić information content (AvgIpc) is 3.25. The first-order chi connectivity index (χ1) is 9.65. The molecule has 20 heavy (non-hydrogen) atoms. The number of rotatable bonds is 4. The molecule has 2 aromatic carbocycles. The molecule has 1 atom stereocenters. The molecule has 2 heteroatoms. The van der Waals surface area contributed by atoms with Crippen molar-refractivity contribution < 1.29 is 9.53 Å². The van der Waals surface area contributed by atoms with E-state index in [-0.39, 0.29) is 11.4 Å². The number of benzene rings is 2. The topological polar surface area (TPSA) is 29.6 Å². The normalized spacial score (nSPS) is 20.7. The Kier molecular flexibility index (Phi) is 3.19. The molecule has 1 aliphatic rings. The molecule has 102 valence electrons. The summed E-state index contributed by atoms with van der Waals surface area (Å²) in [6.45, 7) is 4.74. The summed E-state index contributed by atoms with van der Waals surface area (Å²) in [6.07, 6.45) is 0.521. The van der Waals surface area contributed by atoms with E-state index in [1.165, 1.54) is 0 Å². The second-order valence-electron chi connectivity index (χ2n) is 5.39. The highest BCUT2D eigenvalue weighted by atomic mass is 16.6. The zero-order valence-electron chi connectivity index (χ0n) is 11.8. The van der Waals surface area contributed by atoms with Crippen LogP contribution in [-0.2, 0) is 10.3 Å². The van der Waals surface area contributed by atoms with E-state index < -0.39 is 0 Å². The highest BCUT2D eigenvalue weighted by Gasteiger charge is 2.42. The number of Topliss-reactive ketones (excluding diaryl/α,β-unsaturated/α-hetero) is 1. The monoisotopic (exact) mass is 266 g/mol. The van der Waals surface area contributed by atoms with Crippen LogP contribution in [0.2, 0.25) is 0 Å². The molecule has 0 N–H and O–H groups in total. The summed E-state index contributed by atoms with van der Waals surface area (Å²) >= 11 is 0. The van der Waals surface area contributed by atoms with Crippen molar-refractivity contribution in [2.45, 2.75) is 25.9 Å². The lowest BCUT2D eigenvalue weighted by molar-refractivity contribution is 0.0989. The predicted molar refractivity (Wildman–Crippen MR) is 79.8 cm³/mol. The van der Waals surface area contributed by atoms with Crippen molar-refractivity contribution in [3.63, 3.8) is 0 Å². The van der Waals surface area contributed by atoms with Crippen LogP contribution in [-0.4, -0.2) is 12.4 Å². The molecule has 1 saturated heterocycles. The van der Waals surface area contributed by atoms with Crippen LogP contribution in [0.15, 0.2) is 48.5 Å². The van der Waals surface area contributed by atoms with Crippen LogP contribution in [0.25, 0.3) is 11.1 Å². The standard InChI is InChI=1S/C18H18O2/c1-3-17(19)15-10-5-4-8-13(15)14-9-6-7-11-16(14)18(2)12-20-18/h4-11H,3,12H2,1-2H3. The van der Waals surface area contributed by atoms with Gasteiger partial charge in [0.15, 0.2) is 5.78 Å². The van der Waals surface area contributed by atoms with Crippen LogP contribution in [0.4, 0.5) is 0 Å². The summed E-state index contributed by atoms with van der Waals surface area (Å²) in [5.41, 5.74) is 3.87. The van der Waals surface area contributed by atoms with Crippen molar-refractivity contribution in [1.29, 1.82) is 0 Å². The molecule has 1 fully saturated rings. The van der Waals surface area contributed by atoms with Crippen molar-refractivity contribution >= 4 is 5.78 Å². The summed E-state index contributed by atoms with van der Waals surface area (Å²) in [7, 11) is 0. The van der Waals surface area contributed by atoms with Gasteiger partial charge in [0.05, 0.1) is 6.61 Å². The van der Waals surface area contributed by atoms with E-state index >= 15 is 0 Å². The summed E-state index contributed by atoms with van der Waals surface area (Å²) in [5, 5.41) is 0. The Morgan fingerprint density at radius 2 is 1.70 bits per heavy atom. The fourth-order valence-corrected chi connectivity index (χ4v) is 2.59. The van der Waals surface area contributed by atoms with E-state index in [4.69, 9.17) is 4.74 Å². The van der Waals surface area contributed by atoms with Crippen molar-refractivity contribution in [2.75, 3.05) is 6.61 Å². The lowest BCUT2D eigenvalue weighted by Gasteiger charge is -2.15. The number of ketones is 1. The van der Waals surface area contributed by atoms with Crippen LogP contribution < -0.4 is 0 Å². The fraction of sp³-hybridized carbons (Fsp3) is 0.278. The molecule has 0 aromatic heterocycles. The van der Waals surface area contributed by atoms with Gasteiger partial charge in [0, 0.05) is 12.0 Å². The molecule has 0 aliphatic carbocycles. The Bertz CT molecular complexity index is 654. The van der Waals surface area contributed by atoms with Gasteiger partial charge in [-0.2, -0.15) is 0 Å². The molecule has 2 nitrogen and oxygen atoms in total. The van der Waals surface area contributed by atoms with Gasteiger partial charge in [-0.1, -0.05) is 55.5 Å². The van der Waals surface area contributed by atoms with Gasteiger partial charge in [-0.05, 0) is 23.6 Å². The van der Waals surface area contributed by atoms with E-state index in [1.54, 1.807) is 0 Å². The minimum absolute atomic E-state index is 0.178. The van der Waals surface area contributed by atoms with Crippen molar-refractivity contribution in [3.8, 4) is 11.1 Å². The third kappa shape index (κ3) is 2.16. The number of epoxide rings is 1. The summed E-state index contributed by atoms with van der Waals surface area (Å²) < 4.78 is 5.59. The average molecular weight is 266 g/mol. The predicted octanol–water partition coefficient (Wildman–Crippen LogP) is 4.19. The number of ether oxygens (including phenoxy) is 1. The first kappa shape index (κ1) is 13.1. The van der Waals surface area contributed by atoms with Gasteiger partial charge in [0.1, 0.15) is 5.60 Å². The molecule has 2 aromatic rings. The largest absolute Gasteiger partial charge is 0.365 e. The lowest BCUT2D eigenvalue weighted by atomic mass is 9.88. The second kappa shape index (κ2) is 4.88. The van der Waals surface area contributed by atoms with E-state index in [1.807, 2.05) is 43.3 Å². The van der Waals surface area contributed by atoms with Gasteiger partial charge in [-0.25, -0.2) is 0 Å². The van der Waals surface area contributed by atoms with Gasteiger partial charge in [0.25, 0.3) is 0 Å². The van der Waals surface area contributed by atoms with Gasteiger partial charge >= 0.3 is 0 Å². The molecule has 1 aliphatic heterocycles.